The van der Waals surface area contributed by atoms with Gasteiger partial charge in [-0.1, -0.05) is 24.3 Å². The number of aryl methyl sites for hydroxylation is 2. The van der Waals surface area contributed by atoms with Gasteiger partial charge in [0, 0.05) is 23.6 Å². The normalized spacial score (nSPS) is 13.3. The number of sulfonamides is 1. The largest absolute Gasteiger partial charge is 0.406 e. The van der Waals surface area contributed by atoms with E-state index in [1.54, 1.807) is 42.0 Å². The second-order valence-corrected chi connectivity index (χ2v) is 9.03. The zero-order chi connectivity index (χ0) is 23.0. The van der Waals surface area contributed by atoms with Crippen LogP contribution in [0, 0.1) is 25.2 Å². The second-order valence-electron chi connectivity index (χ2n) is 7.37. The molecular formula is C21H21F3N4O2S. The molecule has 164 valence electrons. The Labute approximate surface area is 178 Å². The van der Waals surface area contributed by atoms with E-state index in [4.69, 9.17) is 11.0 Å². The molecule has 10 heteroatoms. The summed E-state index contributed by atoms with van der Waals surface area (Å²) in [6.07, 6.45) is -3.39. The van der Waals surface area contributed by atoms with Crippen LogP contribution in [-0.4, -0.2) is 25.2 Å². The first-order chi connectivity index (χ1) is 14.4. The molecule has 1 atom stereocenters. The van der Waals surface area contributed by atoms with Crippen molar-refractivity contribution in [1.82, 2.24) is 9.29 Å². The molecule has 0 amide bonds. The van der Waals surface area contributed by atoms with Crippen molar-refractivity contribution >= 4 is 26.6 Å². The van der Waals surface area contributed by atoms with E-state index >= 15 is 0 Å². The number of nitriles is 1. The summed E-state index contributed by atoms with van der Waals surface area (Å²) >= 11 is 0. The number of nitrogens with one attached hydrogen (secondary N) is 1. The molecule has 3 aromatic rings. The topological polar surface area (TPSA) is 101 Å². The van der Waals surface area contributed by atoms with Crippen molar-refractivity contribution in [3.05, 3.63) is 59.3 Å². The first-order valence-electron chi connectivity index (χ1n) is 9.33. The number of hydrogen-bond acceptors (Lipinski definition) is 4. The highest BCUT2D eigenvalue weighted by atomic mass is 32.2. The fourth-order valence-electron chi connectivity index (χ4n) is 3.70. The maximum atomic E-state index is 13.8. The quantitative estimate of drug-likeness (QED) is 0.558. The van der Waals surface area contributed by atoms with E-state index in [2.05, 4.69) is 0 Å². The Morgan fingerprint density at radius 2 is 1.90 bits per heavy atom. The number of para-hydroxylation sites is 1. The number of alkyl halides is 3. The predicted octanol–water partition coefficient (Wildman–Crippen LogP) is 3.82. The smallest absolute Gasteiger partial charge is 0.398 e. The van der Waals surface area contributed by atoms with Crippen LogP contribution in [0.1, 0.15) is 16.7 Å². The lowest BCUT2D eigenvalue weighted by Gasteiger charge is -2.23. The molecule has 1 aromatic heterocycles. The zero-order valence-electron chi connectivity index (χ0n) is 16.9. The van der Waals surface area contributed by atoms with Crippen LogP contribution in [0.3, 0.4) is 0 Å². The summed E-state index contributed by atoms with van der Waals surface area (Å²) in [4.78, 5) is -0.366. The molecule has 31 heavy (non-hydrogen) atoms. The number of benzene rings is 2. The summed E-state index contributed by atoms with van der Waals surface area (Å²) in [6.45, 7) is 2.50. The molecule has 1 unspecified atom stereocenters. The van der Waals surface area contributed by atoms with Crippen molar-refractivity contribution in [3.8, 4) is 6.07 Å². The Hall–Kier alpha value is -3.03. The van der Waals surface area contributed by atoms with Crippen molar-refractivity contribution in [2.24, 2.45) is 0 Å². The molecule has 0 fully saturated rings. The molecule has 0 saturated carbocycles. The van der Waals surface area contributed by atoms with Gasteiger partial charge in [0.15, 0.2) is 0 Å². The van der Waals surface area contributed by atoms with Crippen LogP contribution in [-0.2, 0) is 23.0 Å². The molecular weight excluding hydrogens is 429 g/mol. The van der Waals surface area contributed by atoms with Gasteiger partial charge in [-0.05, 0) is 42.7 Å². The highest BCUT2D eigenvalue weighted by molar-refractivity contribution is 7.89. The first-order valence-corrected chi connectivity index (χ1v) is 10.8. The molecule has 1 heterocycles. The lowest BCUT2D eigenvalue weighted by molar-refractivity contribution is -0.154. The minimum absolute atomic E-state index is 0.0228. The molecule has 0 spiro atoms. The van der Waals surface area contributed by atoms with Gasteiger partial charge in [0.05, 0.1) is 18.2 Å². The second kappa shape index (κ2) is 8.24. The van der Waals surface area contributed by atoms with Crippen LogP contribution in [0.4, 0.5) is 18.9 Å². The SMILES string of the molecule is Cc1cc(C)c(S(=O)(=O)NC(Cn2cc(CC#N)c3ccccc32)C(F)(F)F)c(N)c1. The fourth-order valence-corrected chi connectivity index (χ4v) is 5.26. The Bertz CT molecular complexity index is 1250. The van der Waals surface area contributed by atoms with Gasteiger partial charge in [0.1, 0.15) is 10.9 Å². The number of hydrogen-bond donors (Lipinski definition) is 2. The van der Waals surface area contributed by atoms with E-state index in [9.17, 15) is 21.6 Å². The molecule has 0 aliphatic heterocycles. The fraction of sp³-hybridized carbons (Fsp3) is 0.286. The summed E-state index contributed by atoms with van der Waals surface area (Å²) in [7, 11) is -4.56. The molecule has 0 radical (unpaired) electrons. The van der Waals surface area contributed by atoms with E-state index in [0.717, 1.165) is 0 Å². The maximum absolute atomic E-state index is 13.8. The van der Waals surface area contributed by atoms with Crippen LogP contribution in [0.2, 0.25) is 0 Å². The summed E-state index contributed by atoms with van der Waals surface area (Å²) < 4.78 is 70.4. The van der Waals surface area contributed by atoms with E-state index in [1.807, 2.05) is 6.07 Å². The average molecular weight is 450 g/mol. The molecule has 3 rings (SSSR count). The Morgan fingerprint density at radius 3 is 2.52 bits per heavy atom. The lowest BCUT2D eigenvalue weighted by atomic mass is 10.1. The Balaban J connectivity index is 2.02. The van der Waals surface area contributed by atoms with Gasteiger partial charge in [-0.15, -0.1) is 0 Å². The summed E-state index contributed by atoms with van der Waals surface area (Å²) in [5, 5.41) is 9.65. The summed E-state index contributed by atoms with van der Waals surface area (Å²) in [6, 6.07) is 9.26. The third-order valence-electron chi connectivity index (χ3n) is 4.93. The van der Waals surface area contributed by atoms with Crippen LogP contribution >= 0.6 is 0 Å². The molecule has 0 saturated heterocycles. The van der Waals surface area contributed by atoms with Crippen LogP contribution in [0.5, 0.6) is 0 Å². The number of halogens is 3. The van der Waals surface area contributed by atoms with Gasteiger partial charge in [0.25, 0.3) is 0 Å². The maximum Gasteiger partial charge on any atom is 0.406 e. The number of anilines is 1. The summed E-state index contributed by atoms with van der Waals surface area (Å²) in [5.74, 6) is 0. The number of rotatable bonds is 6. The average Bonchev–Trinajstić information content (AvgIpc) is 2.97. The monoisotopic (exact) mass is 450 g/mol. The van der Waals surface area contributed by atoms with Crippen LogP contribution in [0.25, 0.3) is 10.9 Å². The third-order valence-corrected chi connectivity index (χ3v) is 6.62. The number of aromatic nitrogens is 1. The van der Waals surface area contributed by atoms with Gasteiger partial charge in [0.2, 0.25) is 10.0 Å². The van der Waals surface area contributed by atoms with E-state index in [1.165, 1.54) is 23.8 Å². The molecule has 0 bridgehead atoms. The summed E-state index contributed by atoms with van der Waals surface area (Å²) in [5.41, 5.74) is 7.71. The van der Waals surface area contributed by atoms with Crippen LogP contribution in [0.15, 0.2) is 47.5 Å². The van der Waals surface area contributed by atoms with Gasteiger partial charge >= 0.3 is 6.18 Å². The van der Waals surface area contributed by atoms with Gasteiger partial charge in [-0.25, -0.2) is 8.42 Å². The molecule has 3 N–H and O–H groups in total. The highest BCUT2D eigenvalue weighted by Crippen LogP contribution is 2.29. The Morgan fingerprint density at radius 1 is 1.23 bits per heavy atom. The standard InChI is InChI=1S/C21H21F3N4O2S/c1-13-9-14(2)20(17(26)10-13)31(29,30)27-19(21(22,23)24)12-28-11-15(7-8-25)16-5-3-4-6-18(16)28/h3-6,9-11,19,27H,7,12,26H2,1-2H3. The zero-order valence-corrected chi connectivity index (χ0v) is 17.7. The number of fused-ring (bicyclic) bond motifs is 1. The number of nitrogen functional groups attached to an aromatic ring is 1. The Kier molecular flexibility index (Phi) is 6.02. The molecule has 0 aliphatic rings. The third kappa shape index (κ3) is 4.68. The lowest BCUT2D eigenvalue weighted by Crippen LogP contribution is -2.48. The van der Waals surface area contributed by atoms with Crippen molar-refractivity contribution in [2.45, 2.75) is 43.9 Å². The predicted molar refractivity (Wildman–Crippen MR) is 112 cm³/mol. The van der Waals surface area contributed by atoms with Crippen molar-refractivity contribution < 1.29 is 21.6 Å². The minimum atomic E-state index is -4.86. The van der Waals surface area contributed by atoms with Crippen molar-refractivity contribution in [3.63, 3.8) is 0 Å². The van der Waals surface area contributed by atoms with E-state index in [0.29, 0.717) is 22.0 Å². The highest BCUT2D eigenvalue weighted by Gasteiger charge is 2.43. The van der Waals surface area contributed by atoms with Crippen molar-refractivity contribution in [1.29, 1.82) is 5.26 Å². The molecule has 6 nitrogen and oxygen atoms in total. The van der Waals surface area contributed by atoms with Gasteiger partial charge < -0.3 is 10.3 Å². The van der Waals surface area contributed by atoms with Crippen LogP contribution < -0.4 is 10.5 Å². The molecule has 0 aliphatic carbocycles. The minimum Gasteiger partial charge on any atom is -0.398 e. The molecule has 2 aromatic carbocycles. The van der Waals surface area contributed by atoms with E-state index in [-0.39, 0.29) is 22.6 Å². The van der Waals surface area contributed by atoms with Crippen molar-refractivity contribution in [2.75, 3.05) is 5.73 Å². The van der Waals surface area contributed by atoms with Gasteiger partial charge in [-0.3, -0.25) is 0 Å². The first kappa shape index (κ1) is 22.7. The van der Waals surface area contributed by atoms with Gasteiger partial charge in [-0.2, -0.15) is 23.2 Å². The number of nitrogens with zero attached hydrogens (tertiary/aromatic N) is 2. The number of nitrogens with two attached hydrogens (primary N) is 1. The van der Waals surface area contributed by atoms with E-state index < -0.39 is 28.8 Å².